The van der Waals surface area contributed by atoms with Gasteiger partial charge in [0.25, 0.3) is 0 Å². The summed E-state index contributed by atoms with van der Waals surface area (Å²) in [4.78, 5) is 0. The molecule has 0 bridgehead atoms. The maximum absolute atomic E-state index is 11.4. The lowest BCUT2D eigenvalue weighted by Crippen LogP contribution is -2.30. The Labute approximate surface area is 112 Å². The van der Waals surface area contributed by atoms with Gasteiger partial charge in [-0.25, -0.2) is 8.42 Å². The van der Waals surface area contributed by atoms with Crippen molar-refractivity contribution >= 4 is 9.84 Å². The fourth-order valence-corrected chi connectivity index (χ4v) is 3.80. The van der Waals surface area contributed by atoms with Gasteiger partial charge >= 0.3 is 0 Å². The Bertz CT molecular complexity index is 564. The Morgan fingerprint density at radius 1 is 1.37 bits per heavy atom. The first-order valence-electron chi connectivity index (χ1n) is 6.12. The van der Waals surface area contributed by atoms with Gasteiger partial charge in [0.1, 0.15) is 18.0 Å². The van der Waals surface area contributed by atoms with Crippen molar-refractivity contribution < 1.29 is 23.4 Å². The van der Waals surface area contributed by atoms with Crippen LogP contribution in [0, 0.1) is 6.92 Å². The van der Waals surface area contributed by atoms with Gasteiger partial charge in [0.05, 0.1) is 17.6 Å². The number of benzene rings is 1. The monoisotopic (exact) mass is 286 g/mol. The Kier molecular flexibility index (Phi) is 3.85. The SMILES string of the molecule is Cc1cc([C@H](C)O)ccc1OC1CS(=O)(=O)CC1O. The lowest BCUT2D eigenvalue weighted by Gasteiger charge is -2.18. The van der Waals surface area contributed by atoms with Crippen molar-refractivity contribution in [2.45, 2.75) is 32.2 Å². The van der Waals surface area contributed by atoms with E-state index in [1.165, 1.54) is 0 Å². The first-order chi connectivity index (χ1) is 8.78. The van der Waals surface area contributed by atoms with Gasteiger partial charge in [-0.3, -0.25) is 0 Å². The molecule has 0 aromatic heterocycles. The summed E-state index contributed by atoms with van der Waals surface area (Å²) in [6, 6.07) is 5.20. The second-order valence-electron chi connectivity index (χ2n) is 5.00. The number of rotatable bonds is 3. The van der Waals surface area contributed by atoms with Gasteiger partial charge in [-0.05, 0) is 37.1 Å². The van der Waals surface area contributed by atoms with Crippen LogP contribution in [0.4, 0.5) is 0 Å². The molecule has 3 atom stereocenters. The van der Waals surface area contributed by atoms with Crippen LogP contribution in [0.25, 0.3) is 0 Å². The number of sulfone groups is 1. The highest BCUT2D eigenvalue weighted by Gasteiger charge is 2.38. The van der Waals surface area contributed by atoms with Crippen LogP contribution in [0.2, 0.25) is 0 Å². The molecule has 1 aliphatic heterocycles. The Morgan fingerprint density at radius 3 is 2.53 bits per heavy atom. The first kappa shape index (κ1) is 14.3. The van der Waals surface area contributed by atoms with Crippen molar-refractivity contribution in [2.24, 2.45) is 0 Å². The second kappa shape index (κ2) is 5.11. The van der Waals surface area contributed by atoms with Gasteiger partial charge in [0.2, 0.25) is 0 Å². The highest BCUT2D eigenvalue weighted by atomic mass is 32.2. The van der Waals surface area contributed by atoms with Crippen molar-refractivity contribution in [3.05, 3.63) is 29.3 Å². The summed E-state index contributed by atoms with van der Waals surface area (Å²) >= 11 is 0. The molecule has 1 fully saturated rings. The molecule has 2 unspecified atom stereocenters. The molecule has 2 rings (SSSR count). The average Bonchev–Trinajstić information content (AvgIpc) is 2.54. The summed E-state index contributed by atoms with van der Waals surface area (Å²) in [5.74, 6) is 0.124. The Balaban J connectivity index is 2.16. The average molecular weight is 286 g/mol. The lowest BCUT2D eigenvalue weighted by atomic mass is 10.1. The zero-order chi connectivity index (χ0) is 14.2. The maximum Gasteiger partial charge on any atom is 0.156 e. The van der Waals surface area contributed by atoms with E-state index in [2.05, 4.69) is 0 Å². The van der Waals surface area contributed by atoms with Crippen molar-refractivity contribution in [3.63, 3.8) is 0 Å². The summed E-state index contributed by atoms with van der Waals surface area (Å²) in [7, 11) is -3.21. The standard InChI is InChI=1S/C13H18O5S/c1-8-5-10(9(2)14)3-4-12(8)18-13-7-19(16,17)6-11(13)15/h3-5,9,11,13-15H,6-7H2,1-2H3/t9-,11?,13?/m0/s1. The number of hydrogen-bond donors (Lipinski definition) is 2. The van der Waals surface area contributed by atoms with Crippen LogP contribution in [0.5, 0.6) is 5.75 Å². The van der Waals surface area contributed by atoms with Crippen molar-refractivity contribution in [3.8, 4) is 5.75 Å². The molecule has 1 aromatic carbocycles. The summed E-state index contributed by atoms with van der Waals surface area (Å²) in [6.45, 7) is 3.49. The van der Waals surface area contributed by atoms with E-state index in [1.807, 2.05) is 6.92 Å². The molecule has 0 radical (unpaired) electrons. The topological polar surface area (TPSA) is 83.8 Å². The molecule has 1 saturated heterocycles. The smallest absolute Gasteiger partial charge is 0.156 e. The Morgan fingerprint density at radius 2 is 2.05 bits per heavy atom. The predicted octanol–water partition coefficient (Wildman–Crippen LogP) is 0.585. The molecule has 0 spiro atoms. The minimum Gasteiger partial charge on any atom is -0.486 e. The highest BCUT2D eigenvalue weighted by molar-refractivity contribution is 7.91. The molecule has 2 N–H and O–H groups in total. The largest absolute Gasteiger partial charge is 0.486 e. The number of hydrogen-bond acceptors (Lipinski definition) is 5. The molecule has 6 heteroatoms. The van der Waals surface area contributed by atoms with E-state index in [4.69, 9.17) is 4.74 Å². The summed E-state index contributed by atoms with van der Waals surface area (Å²) in [5.41, 5.74) is 1.57. The van der Waals surface area contributed by atoms with Crippen LogP contribution in [0.3, 0.4) is 0 Å². The zero-order valence-corrected chi connectivity index (χ0v) is 11.7. The fraction of sp³-hybridized carbons (Fsp3) is 0.538. The molecule has 1 aromatic rings. The number of aliphatic hydroxyl groups excluding tert-OH is 2. The van der Waals surface area contributed by atoms with Crippen LogP contribution in [-0.2, 0) is 9.84 Å². The number of aryl methyl sites for hydroxylation is 1. The number of ether oxygens (including phenoxy) is 1. The summed E-state index contributed by atoms with van der Waals surface area (Å²) < 4.78 is 28.4. The van der Waals surface area contributed by atoms with Crippen LogP contribution in [-0.4, -0.2) is 42.3 Å². The molecular formula is C13H18O5S. The molecule has 1 heterocycles. The van der Waals surface area contributed by atoms with Gasteiger partial charge in [-0.2, -0.15) is 0 Å². The van der Waals surface area contributed by atoms with E-state index in [-0.39, 0.29) is 11.5 Å². The Hall–Kier alpha value is -1.11. The van der Waals surface area contributed by atoms with E-state index in [1.54, 1.807) is 25.1 Å². The van der Waals surface area contributed by atoms with Gasteiger partial charge in [0, 0.05) is 0 Å². The third-order valence-corrected chi connectivity index (χ3v) is 4.92. The third kappa shape index (κ3) is 3.26. The molecule has 0 amide bonds. The van der Waals surface area contributed by atoms with Crippen molar-refractivity contribution in [1.82, 2.24) is 0 Å². The van der Waals surface area contributed by atoms with Crippen LogP contribution < -0.4 is 4.74 Å². The molecule has 5 nitrogen and oxygen atoms in total. The highest BCUT2D eigenvalue weighted by Crippen LogP contribution is 2.26. The predicted molar refractivity (Wildman–Crippen MR) is 70.9 cm³/mol. The quantitative estimate of drug-likeness (QED) is 0.849. The van der Waals surface area contributed by atoms with Gasteiger partial charge in [-0.1, -0.05) is 6.07 Å². The summed E-state index contributed by atoms with van der Waals surface area (Å²) in [6.07, 6.45) is -2.27. The zero-order valence-electron chi connectivity index (χ0n) is 10.9. The first-order valence-corrected chi connectivity index (χ1v) is 7.94. The molecule has 106 valence electrons. The van der Waals surface area contributed by atoms with Gasteiger partial charge in [0.15, 0.2) is 9.84 Å². The molecule has 0 aliphatic carbocycles. The maximum atomic E-state index is 11.4. The van der Waals surface area contributed by atoms with Gasteiger partial charge in [-0.15, -0.1) is 0 Å². The van der Waals surface area contributed by atoms with Crippen molar-refractivity contribution in [2.75, 3.05) is 11.5 Å². The second-order valence-corrected chi connectivity index (χ2v) is 7.16. The molecule has 0 saturated carbocycles. The van der Waals surface area contributed by atoms with Gasteiger partial charge < -0.3 is 14.9 Å². The lowest BCUT2D eigenvalue weighted by molar-refractivity contribution is 0.0733. The van der Waals surface area contributed by atoms with E-state index in [0.29, 0.717) is 5.75 Å². The molecule has 1 aliphatic rings. The normalized spacial score (nSPS) is 27.2. The number of aliphatic hydroxyl groups is 2. The van der Waals surface area contributed by atoms with Crippen LogP contribution in [0.15, 0.2) is 18.2 Å². The van der Waals surface area contributed by atoms with Crippen LogP contribution >= 0.6 is 0 Å². The molecule has 19 heavy (non-hydrogen) atoms. The minimum atomic E-state index is -3.21. The van der Waals surface area contributed by atoms with Crippen LogP contribution in [0.1, 0.15) is 24.2 Å². The van der Waals surface area contributed by atoms with E-state index in [9.17, 15) is 18.6 Å². The van der Waals surface area contributed by atoms with E-state index in [0.717, 1.165) is 11.1 Å². The van der Waals surface area contributed by atoms with E-state index < -0.39 is 28.1 Å². The minimum absolute atomic E-state index is 0.161. The van der Waals surface area contributed by atoms with Crippen molar-refractivity contribution in [1.29, 1.82) is 0 Å². The third-order valence-electron chi connectivity index (χ3n) is 3.23. The summed E-state index contributed by atoms with van der Waals surface area (Å²) in [5, 5.41) is 19.1. The van der Waals surface area contributed by atoms with E-state index >= 15 is 0 Å². The fourth-order valence-electron chi connectivity index (χ4n) is 2.14. The molecular weight excluding hydrogens is 268 g/mol.